The van der Waals surface area contributed by atoms with Crippen LogP contribution in [0.4, 0.5) is 0 Å². The van der Waals surface area contributed by atoms with E-state index in [1.807, 2.05) is 0 Å². The van der Waals surface area contributed by atoms with E-state index in [0.717, 1.165) is 25.0 Å². The molecule has 2 nitrogen and oxygen atoms in total. The Balaban J connectivity index is 1.72. The van der Waals surface area contributed by atoms with Gasteiger partial charge in [-0.2, -0.15) is 0 Å². The van der Waals surface area contributed by atoms with Gasteiger partial charge in [0.15, 0.2) is 0 Å². The Labute approximate surface area is 73.9 Å². The highest BCUT2D eigenvalue weighted by molar-refractivity contribution is 5.17. The van der Waals surface area contributed by atoms with E-state index in [0.29, 0.717) is 5.92 Å². The zero-order valence-corrected chi connectivity index (χ0v) is 7.49. The lowest BCUT2D eigenvalue weighted by Gasteiger charge is -2.17. The van der Waals surface area contributed by atoms with Gasteiger partial charge in [0.1, 0.15) is 0 Å². The van der Waals surface area contributed by atoms with Crippen molar-refractivity contribution in [2.24, 2.45) is 17.8 Å². The second kappa shape index (κ2) is 3.08. The highest BCUT2D eigenvalue weighted by atomic mass is 16.5. The summed E-state index contributed by atoms with van der Waals surface area (Å²) in [5.74, 6) is 5.08. The highest BCUT2D eigenvalue weighted by Gasteiger charge is 2.54. The maximum absolute atomic E-state index is 5.38. The molecule has 0 N–H and O–H groups in total. The lowest BCUT2D eigenvalue weighted by molar-refractivity contribution is 0.153. The van der Waals surface area contributed by atoms with Crippen LogP contribution in [0.2, 0.25) is 0 Å². The van der Waals surface area contributed by atoms with E-state index in [9.17, 15) is 0 Å². The summed E-state index contributed by atoms with van der Waals surface area (Å²) in [5.41, 5.74) is 0. The highest BCUT2D eigenvalue weighted by Crippen LogP contribution is 2.50. The third-order valence-corrected chi connectivity index (χ3v) is 3.07. The molecule has 0 amide bonds. The Morgan fingerprint density at radius 2 is 2.17 bits per heavy atom. The molecule has 1 aliphatic carbocycles. The van der Waals surface area contributed by atoms with Crippen molar-refractivity contribution >= 4 is 0 Å². The van der Waals surface area contributed by atoms with Gasteiger partial charge in [-0.15, -0.1) is 12.3 Å². The van der Waals surface area contributed by atoms with Crippen LogP contribution in [0.25, 0.3) is 0 Å². The summed E-state index contributed by atoms with van der Waals surface area (Å²) < 4.78 is 5.03. The van der Waals surface area contributed by atoms with E-state index in [2.05, 4.69) is 10.8 Å². The average molecular weight is 165 g/mol. The molecule has 1 saturated carbocycles. The first-order valence-corrected chi connectivity index (χ1v) is 4.54. The van der Waals surface area contributed by atoms with Crippen LogP contribution < -0.4 is 0 Å². The summed E-state index contributed by atoms with van der Waals surface area (Å²) in [6, 6.07) is 0. The standard InChI is InChI=1S/C10H15NO/c1-3-8-9-6-11(4-5-12-2)7-10(8)9/h1,8-10H,4-7H2,2H3/t8-,9+,10-. The number of hydrogen-bond donors (Lipinski definition) is 0. The van der Waals surface area contributed by atoms with Crippen LogP contribution in [-0.2, 0) is 4.74 Å². The number of ether oxygens (including phenoxy) is 1. The Morgan fingerprint density at radius 1 is 1.50 bits per heavy atom. The predicted molar refractivity (Wildman–Crippen MR) is 47.6 cm³/mol. The molecule has 66 valence electrons. The van der Waals surface area contributed by atoms with Crippen LogP contribution in [-0.4, -0.2) is 38.3 Å². The normalized spacial score (nSPS) is 39.2. The van der Waals surface area contributed by atoms with E-state index in [1.165, 1.54) is 13.1 Å². The lowest BCUT2D eigenvalue weighted by Crippen LogP contribution is -2.27. The van der Waals surface area contributed by atoms with Gasteiger partial charge in [-0.05, 0) is 11.8 Å². The van der Waals surface area contributed by atoms with Crippen LogP contribution >= 0.6 is 0 Å². The molecular weight excluding hydrogens is 150 g/mol. The maximum atomic E-state index is 5.38. The summed E-state index contributed by atoms with van der Waals surface area (Å²) in [4.78, 5) is 2.45. The van der Waals surface area contributed by atoms with E-state index < -0.39 is 0 Å². The van der Waals surface area contributed by atoms with Gasteiger partial charge in [-0.3, -0.25) is 0 Å². The number of nitrogens with zero attached hydrogens (tertiary/aromatic N) is 1. The molecule has 2 fully saturated rings. The van der Waals surface area contributed by atoms with E-state index in [1.54, 1.807) is 7.11 Å². The summed E-state index contributed by atoms with van der Waals surface area (Å²) in [5, 5.41) is 0. The zero-order valence-electron chi connectivity index (χ0n) is 7.49. The third kappa shape index (κ3) is 1.24. The number of likely N-dealkylation sites (tertiary alicyclic amines) is 1. The van der Waals surface area contributed by atoms with Crippen molar-refractivity contribution in [1.29, 1.82) is 0 Å². The molecule has 1 heterocycles. The molecule has 0 unspecified atom stereocenters. The van der Waals surface area contributed by atoms with Gasteiger partial charge in [-0.1, -0.05) is 0 Å². The van der Waals surface area contributed by atoms with Crippen molar-refractivity contribution in [2.75, 3.05) is 33.4 Å². The summed E-state index contributed by atoms with van der Waals surface area (Å²) in [7, 11) is 1.75. The third-order valence-electron chi connectivity index (χ3n) is 3.07. The molecule has 2 rings (SSSR count). The van der Waals surface area contributed by atoms with Gasteiger partial charge >= 0.3 is 0 Å². The average Bonchev–Trinajstić information content (AvgIpc) is 2.56. The first-order chi connectivity index (χ1) is 5.86. The van der Waals surface area contributed by atoms with Crippen molar-refractivity contribution in [2.45, 2.75) is 0 Å². The molecule has 0 radical (unpaired) electrons. The van der Waals surface area contributed by atoms with Gasteiger partial charge < -0.3 is 9.64 Å². The molecule has 0 spiro atoms. The second-order valence-corrected chi connectivity index (χ2v) is 3.77. The summed E-state index contributed by atoms with van der Waals surface area (Å²) in [6.07, 6.45) is 5.38. The largest absolute Gasteiger partial charge is 0.383 e. The molecular formula is C10H15NO. The number of piperidine rings is 1. The number of hydrogen-bond acceptors (Lipinski definition) is 2. The Kier molecular flexibility index (Phi) is 2.08. The predicted octanol–water partition coefficient (Wildman–Crippen LogP) is 0.444. The lowest BCUT2D eigenvalue weighted by atomic mass is 10.3. The molecule has 0 aromatic carbocycles. The summed E-state index contributed by atoms with van der Waals surface area (Å²) >= 11 is 0. The Hall–Kier alpha value is -0.520. The van der Waals surface area contributed by atoms with Crippen LogP contribution in [0, 0.1) is 30.1 Å². The fraction of sp³-hybridized carbons (Fsp3) is 0.800. The van der Waals surface area contributed by atoms with E-state index in [-0.39, 0.29) is 0 Å². The fourth-order valence-corrected chi connectivity index (χ4v) is 2.26. The van der Waals surface area contributed by atoms with Crippen molar-refractivity contribution in [3.8, 4) is 12.3 Å². The zero-order chi connectivity index (χ0) is 8.55. The first-order valence-electron chi connectivity index (χ1n) is 4.54. The first kappa shape index (κ1) is 8.10. The van der Waals surface area contributed by atoms with Crippen molar-refractivity contribution in [3.05, 3.63) is 0 Å². The van der Waals surface area contributed by atoms with Gasteiger partial charge in [0.2, 0.25) is 0 Å². The quantitative estimate of drug-likeness (QED) is 0.563. The fourth-order valence-electron chi connectivity index (χ4n) is 2.26. The topological polar surface area (TPSA) is 12.5 Å². The van der Waals surface area contributed by atoms with E-state index in [4.69, 9.17) is 11.2 Å². The van der Waals surface area contributed by atoms with Gasteiger partial charge in [0, 0.05) is 32.7 Å². The molecule has 2 heteroatoms. The molecule has 0 bridgehead atoms. The Bertz CT molecular complexity index is 196. The van der Waals surface area contributed by atoms with Crippen LogP contribution in [0.5, 0.6) is 0 Å². The van der Waals surface area contributed by atoms with Crippen molar-refractivity contribution < 1.29 is 4.74 Å². The van der Waals surface area contributed by atoms with Crippen LogP contribution in [0.1, 0.15) is 0 Å². The molecule has 12 heavy (non-hydrogen) atoms. The SMILES string of the molecule is C#C[C@H]1[C@H]2CN(CCOC)C[C@@H]12. The van der Waals surface area contributed by atoms with E-state index >= 15 is 0 Å². The number of fused-ring (bicyclic) bond motifs is 1. The number of rotatable bonds is 3. The van der Waals surface area contributed by atoms with Crippen LogP contribution in [0.3, 0.4) is 0 Å². The molecule has 1 aliphatic heterocycles. The molecule has 0 aromatic heterocycles. The molecule has 2 aliphatic rings. The van der Waals surface area contributed by atoms with Gasteiger partial charge in [0.25, 0.3) is 0 Å². The minimum atomic E-state index is 0.601. The molecule has 3 atom stereocenters. The minimum Gasteiger partial charge on any atom is -0.383 e. The second-order valence-electron chi connectivity index (χ2n) is 3.77. The number of methoxy groups -OCH3 is 1. The minimum absolute atomic E-state index is 0.601. The van der Waals surface area contributed by atoms with Crippen molar-refractivity contribution in [3.63, 3.8) is 0 Å². The molecule has 1 saturated heterocycles. The monoisotopic (exact) mass is 165 g/mol. The maximum Gasteiger partial charge on any atom is 0.0589 e. The summed E-state index contributed by atoms with van der Waals surface area (Å²) in [6.45, 7) is 4.31. The van der Waals surface area contributed by atoms with Gasteiger partial charge in [0.05, 0.1) is 6.61 Å². The smallest absolute Gasteiger partial charge is 0.0589 e. The van der Waals surface area contributed by atoms with Crippen LogP contribution in [0.15, 0.2) is 0 Å². The number of terminal acetylenes is 1. The molecule has 0 aromatic rings. The van der Waals surface area contributed by atoms with Gasteiger partial charge in [-0.25, -0.2) is 0 Å². The van der Waals surface area contributed by atoms with Crippen molar-refractivity contribution in [1.82, 2.24) is 4.90 Å². The Morgan fingerprint density at radius 3 is 2.67 bits per heavy atom.